The number of aliphatic hydroxyl groups is 1. The van der Waals surface area contributed by atoms with Crippen LogP contribution in [0.3, 0.4) is 0 Å². The van der Waals surface area contributed by atoms with E-state index in [1.54, 1.807) is 0 Å². The minimum atomic E-state index is -1.70. The second-order valence-corrected chi connectivity index (χ2v) is 4.89. The zero-order valence-corrected chi connectivity index (χ0v) is 10.5. The van der Waals surface area contributed by atoms with Crippen molar-refractivity contribution in [3.05, 3.63) is 22.1 Å². The first-order chi connectivity index (χ1) is 9.00. The third kappa shape index (κ3) is 2.76. The number of hydrogen-bond acceptors (Lipinski definition) is 6. The highest BCUT2D eigenvalue weighted by Crippen LogP contribution is 2.20. The molecule has 8 nitrogen and oxygen atoms in total. The smallest absolute Gasteiger partial charge is 0.334 e. The molecule has 2 heterocycles. The van der Waals surface area contributed by atoms with Gasteiger partial charge in [-0.3, -0.25) is 14.2 Å². The molecule has 3 N–H and O–H groups in total. The summed E-state index contributed by atoms with van der Waals surface area (Å²) in [4.78, 5) is 38.0. The fourth-order valence-electron chi connectivity index (χ4n) is 1.55. The average molecular weight is 285 g/mol. The number of nitrogens with one attached hydrogen (secondary N) is 1. The summed E-state index contributed by atoms with van der Waals surface area (Å²) in [7, 11) is 0. The molecule has 1 amide bonds. The predicted molar refractivity (Wildman–Crippen MR) is 65.2 cm³/mol. The summed E-state index contributed by atoms with van der Waals surface area (Å²) in [5.41, 5.74) is -0.624. The lowest BCUT2D eigenvalue weighted by atomic mass is 10.3. The second kappa shape index (κ2) is 5.41. The Balaban J connectivity index is 2.12. The average Bonchev–Trinajstić information content (AvgIpc) is 2.85. The van der Waals surface area contributed by atoms with Crippen molar-refractivity contribution in [1.29, 1.82) is 0 Å². The normalized spacial score (nSPS) is 14.8. The highest BCUT2D eigenvalue weighted by atomic mass is 32.2. The van der Waals surface area contributed by atoms with Crippen LogP contribution in [0.2, 0.25) is 0 Å². The molecule has 0 radical (unpaired) electrons. The number of amides is 1. The highest BCUT2D eigenvalue weighted by molar-refractivity contribution is 7.99. The number of hydrogen-bond donors (Lipinski definition) is 3. The van der Waals surface area contributed by atoms with E-state index in [9.17, 15) is 14.4 Å². The Labute approximate surface area is 111 Å². The monoisotopic (exact) mass is 285 g/mol. The van der Waals surface area contributed by atoms with Crippen molar-refractivity contribution in [3.8, 4) is 0 Å². The molecule has 2 rings (SSSR count). The number of carbonyl (C=O) groups is 2. The lowest BCUT2D eigenvalue weighted by Crippen LogP contribution is -2.39. The van der Waals surface area contributed by atoms with E-state index >= 15 is 0 Å². The number of carboxylic acids is 1. The van der Waals surface area contributed by atoms with Gasteiger partial charge in [0.2, 0.25) is 0 Å². The number of aromatic nitrogens is 2. The van der Waals surface area contributed by atoms with Gasteiger partial charge in [0.15, 0.2) is 11.3 Å². The zero-order valence-electron chi connectivity index (χ0n) is 9.70. The van der Waals surface area contributed by atoms with Gasteiger partial charge >= 0.3 is 5.97 Å². The fraction of sp³-hybridized carbons (Fsp3) is 0.400. The molecule has 19 heavy (non-hydrogen) atoms. The molecule has 0 saturated carbocycles. The maximum absolute atomic E-state index is 12.0. The van der Waals surface area contributed by atoms with Crippen LogP contribution in [0.25, 0.3) is 0 Å². The molecule has 0 bridgehead atoms. The van der Waals surface area contributed by atoms with E-state index in [-0.39, 0.29) is 5.56 Å². The van der Waals surface area contributed by atoms with Crippen molar-refractivity contribution in [2.24, 2.45) is 0 Å². The molecular weight excluding hydrogens is 274 g/mol. The van der Waals surface area contributed by atoms with Crippen LogP contribution in [0.1, 0.15) is 10.4 Å². The van der Waals surface area contributed by atoms with E-state index in [1.165, 1.54) is 16.3 Å². The number of fused-ring (bicyclic) bond motifs is 1. The summed E-state index contributed by atoms with van der Waals surface area (Å²) in [5.74, 6) is -1.46. The number of rotatable bonds is 4. The van der Waals surface area contributed by atoms with E-state index in [1.807, 2.05) is 0 Å². The molecule has 1 unspecified atom stereocenters. The number of aliphatic hydroxyl groups excluding tert-OH is 1. The molecule has 1 aromatic heterocycles. The molecule has 0 saturated heterocycles. The highest BCUT2D eigenvalue weighted by Gasteiger charge is 2.21. The van der Waals surface area contributed by atoms with Gasteiger partial charge < -0.3 is 15.5 Å². The van der Waals surface area contributed by atoms with Crippen molar-refractivity contribution in [2.45, 2.75) is 17.8 Å². The Morgan fingerprint density at radius 1 is 1.58 bits per heavy atom. The molecule has 0 spiro atoms. The first kappa shape index (κ1) is 13.6. The minimum absolute atomic E-state index is 0.163. The van der Waals surface area contributed by atoms with Crippen molar-refractivity contribution in [2.75, 3.05) is 12.3 Å². The number of carbonyl (C=O) groups excluding carboxylic acids is 1. The molecule has 1 atom stereocenters. The van der Waals surface area contributed by atoms with Gasteiger partial charge in [-0.1, -0.05) is 11.8 Å². The Kier molecular flexibility index (Phi) is 3.86. The Morgan fingerprint density at radius 2 is 2.32 bits per heavy atom. The van der Waals surface area contributed by atoms with Gasteiger partial charge in [-0.2, -0.15) is 0 Å². The van der Waals surface area contributed by atoms with E-state index < -0.39 is 30.1 Å². The van der Waals surface area contributed by atoms with Crippen LogP contribution >= 0.6 is 11.8 Å². The molecule has 1 aliphatic rings. The quantitative estimate of drug-likeness (QED) is 0.577. The number of carboxylic acid groups (broad SMARTS) is 1. The third-order valence-corrected chi connectivity index (χ3v) is 3.51. The number of aliphatic carboxylic acids is 1. The van der Waals surface area contributed by atoms with E-state index in [4.69, 9.17) is 10.2 Å². The Morgan fingerprint density at radius 3 is 3.00 bits per heavy atom. The van der Waals surface area contributed by atoms with Crippen LogP contribution in [0.5, 0.6) is 0 Å². The summed E-state index contributed by atoms with van der Waals surface area (Å²) in [6, 6.07) is 0. The van der Waals surface area contributed by atoms with Crippen molar-refractivity contribution >= 4 is 23.6 Å². The van der Waals surface area contributed by atoms with Gasteiger partial charge in [-0.05, 0) is 0 Å². The maximum Gasteiger partial charge on any atom is 0.334 e. The number of nitrogens with zero attached hydrogens (tertiary/aromatic N) is 2. The maximum atomic E-state index is 12.0. The summed E-state index contributed by atoms with van der Waals surface area (Å²) in [5, 5.41) is 20.2. The first-order valence-corrected chi connectivity index (χ1v) is 6.41. The molecule has 9 heteroatoms. The third-order valence-electron chi connectivity index (χ3n) is 2.54. The van der Waals surface area contributed by atoms with Gasteiger partial charge in [0.1, 0.15) is 5.56 Å². The van der Waals surface area contributed by atoms with Crippen LogP contribution in [-0.2, 0) is 11.3 Å². The second-order valence-electron chi connectivity index (χ2n) is 3.82. The van der Waals surface area contributed by atoms with Gasteiger partial charge in [0.05, 0.1) is 6.54 Å². The largest absolute Gasteiger partial charge is 0.479 e. The molecule has 102 valence electrons. The van der Waals surface area contributed by atoms with Crippen molar-refractivity contribution in [1.82, 2.24) is 14.9 Å². The molecule has 0 aromatic carbocycles. The van der Waals surface area contributed by atoms with Crippen LogP contribution in [0, 0.1) is 0 Å². The van der Waals surface area contributed by atoms with E-state index in [0.29, 0.717) is 11.7 Å². The topological polar surface area (TPSA) is 122 Å². The van der Waals surface area contributed by atoms with Gasteiger partial charge in [0, 0.05) is 18.5 Å². The summed E-state index contributed by atoms with van der Waals surface area (Å²) < 4.78 is 1.40. The fourth-order valence-corrected chi connectivity index (χ4v) is 2.46. The lowest BCUT2D eigenvalue weighted by Gasteiger charge is -2.08. The Bertz CT molecular complexity index is 585. The molecule has 1 aliphatic heterocycles. The summed E-state index contributed by atoms with van der Waals surface area (Å²) in [6.45, 7) is 0.0226. The molecule has 0 aliphatic carbocycles. The molecule has 0 fully saturated rings. The summed E-state index contributed by atoms with van der Waals surface area (Å²) in [6.07, 6.45) is -0.542. The molecular formula is C10H11N3O5S. The SMILES string of the molecule is O=C(NCC(O)C(=O)O)c1cnc2n(c1=O)CCS2. The van der Waals surface area contributed by atoms with Crippen LogP contribution in [0.15, 0.2) is 16.1 Å². The zero-order chi connectivity index (χ0) is 14.0. The Hall–Kier alpha value is -1.87. The predicted octanol–water partition coefficient (Wildman–Crippen LogP) is -1.48. The van der Waals surface area contributed by atoms with E-state index in [2.05, 4.69) is 10.3 Å². The van der Waals surface area contributed by atoms with Crippen LogP contribution in [-0.4, -0.2) is 50.0 Å². The standard InChI is InChI=1S/C10H11N3O5S/c14-6(9(17)18)4-11-7(15)5-3-12-10-13(8(5)16)1-2-19-10/h3,6,14H,1-2,4H2,(H,11,15)(H,17,18). The minimum Gasteiger partial charge on any atom is -0.479 e. The first-order valence-electron chi connectivity index (χ1n) is 5.42. The van der Waals surface area contributed by atoms with Crippen molar-refractivity contribution < 1.29 is 19.8 Å². The van der Waals surface area contributed by atoms with Gasteiger partial charge in [0.25, 0.3) is 11.5 Å². The molecule has 1 aromatic rings. The van der Waals surface area contributed by atoms with Crippen LogP contribution in [0.4, 0.5) is 0 Å². The van der Waals surface area contributed by atoms with Crippen molar-refractivity contribution in [3.63, 3.8) is 0 Å². The summed E-state index contributed by atoms with van der Waals surface area (Å²) >= 11 is 1.43. The van der Waals surface area contributed by atoms with Crippen LogP contribution < -0.4 is 10.9 Å². The van der Waals surface area contributed by atoms with Gasteiger partial charge in [-0.15, -0.1) is 0 Å². The lowest BCUT2D eigenvalue weighted by molar-refractivity contribution is -0.146. The number of thioether (sulfide) groups is 1. The van der Waals surface area contributed by atoms with E-state index in [0.717, 1.165) is 11.9 Å². The van der Waals surface area contributed by atoms with Gasteiger partial charge in [-0.25, -0.2) is 9.78 Å².